The molecule has 0 fully saturated rings. The Morgan fingerprint density at radius 2 is 2.19 bits per heavy atom. The predicted octanol–water partition coefficient (Wildman–Crippen LogP) is 3.31. The molecular weight excluding hydrogens is 261 g/mol. The largest absolute Gasteiger partial charge is 0.446 e. The third kappa shape index (κ3) is 2.23. The van der Waals surface area contributed by atoms with Gasteiger partial charge in [0, 0.05) is 4.91 Å². The Morgan fingerprint density at radius 3 is 2.81 bits per heavy atom. The first-order valence-corrected chi connectivity index (χ1v) is 5.68. The van der Waals surface area contributed by atoms with E-state index in [1.165, 1.54) is 5.01 Å². The van der Waals surface area contributed by atoms with Crippen molar-refractivity contribution in [2.45, 2.75) is 18.5 Å². The summed E-state index contributed by atoms with van der Waals surface area (Å²) in [6.07, 6.45) is 4.85. The van der Waals surface area contributed by atoms with Crippen LogP contribution in [0.2, 0.25) is 0 Å². The fourth-order valence-electron chi connectivity index (χ4n) is 1.55. The highest BCUT2D eigenvalue weighted by atomic mass is 35.5. The van der Waals surface area contributed by atoms with E-state index in [9.17, 15) is 13.2 Å². The molecule has 0 aromatic carbocycles. The molecule has 0 saturated carbocycles. The fourth-order valence-corrected chi connectivity index (χ4v) is 2.50. The van der Waals surface area contributed by atoms with E-state index in [4.69, 9.17) is 11.6 Å². The van der Waals surface area contributed by atoms with Crippen molar-refractivity contribution in [3.8, 4) is 0 Å². The summed E-state index contributed by atoms with van der Waals surface area (Å²) in [4.78, 5) is 0.231. The molecule has 0 bridgehead atoms. The second-order valence-electron chi connectivity index (χ2n) is 3.33. The molecule has 0 aliphatic carbocycles. The van der Waals surface area contributed by atoms with Crippen LogP contribution in [0.5, 0.6) is 0 Å². The molecule has 2 rings (SSSR count). The van der Waals surface area contributed by atoms with Crippen LogP contribution >= 0.6 is 23.4 Å². The topological polar surface area (TPSA) is 15.3 Å². The van der Waals surface area contributed by atoms with Crippen molar-refractivity contribution < 1.29 is 13.2 Å². The lowest BCUT2D eigenvalue weighted by atomic mass is 10.2. The average molecular weight is 269 g/mol. The molecule has 0 spiro atoms. The van der Waals surface area contributed by atoms with Gasteiger partial charge in [0.15, 0.2) is 0 Å². The third-order valence-corrected chi connectivity index (χ3v) is 3.45. The normalized spacial score (nSPS) is 24.9. The summed E-state index contributed by atoms with van der Waals surface area (Å²) >= 11 is 5.77. The molecule has 1 atom stereocenters. The van der Waals surface area contributed by atoms with Gasteiger partial charge in [-0.25, -0.2) is 5.43 Å². The summed E-state index contributed by atoms with van der Waals surface area (Å²) in [5.41, 5.74) is -0.956. The number of fused-ring (bicyclic) bond motifs is 1. The SMILES string of the molecule is CC1NN2C(Cl)=CC=CC2=C1SC(F)(F)F. The molecule has 0 aromatic rings. The monoisotopic (exact) mass is 268 g/mol. The van der Waals surface area contributed by atoms with E-state index in [0.29, 0.717) is 10.9 Å². The lowest BCUT2D eigenvalue weighted by Crippen LogP contribution is -2.34. The van der Waals surface area contributed by atoms with Crippen molar-refractivity contribution in [2.75, 3.05) is 0 Å². The highest BCUT2D eigenvalue weighted by molar-refractivity contribution is 8.04. The van der Waals surface area contributed by atoms with Crippen LogP contribution in [0.15, 0.2) is 34.0 Å². The molecule has 2 aliphatic heterocycles. The number of hydrazine groups is 1. The van der Waals surface area contributed by atoms with Crippen LogP contribution in [0.1, 0.15) is 6.92 Å². The molecule has 0 saturated heterocycles. The van der Waals surface area contributed by atoms with E-state index in [2.05, 4.69) is 5.43 Å². The number of hydrogen-bond donors (Lipinski definition) is 1. The van der Waals surface area contributed by atoms with E-state index >= 15 is 0 Å². The number of halogens is 4. The van der Waals surface area contributed by atoms with Gasteiger partial charge in [-0.15, -0.1) is 0 Å². The average Bonchev–Trinajstić information content (AvgIpc) is 2.44. The summed E-state index contributed by atoms with van der Waals surface area (Å²) in [7, 11) is 0. The van der Waals surface area contributed by atoms with Crippen molar-refractivity contribution in [3.63, 3.8) is 0 Å². The van der Waals surface area contributed by atoms with Crippen molar-refractivity contribution in [2.24, 2.45) is 0 Å². The maximum atomic E-state index is 12.3. The molecular formula is C9H8ClF3N2S. The van der Waals surface area contributed by atoms with Gasteiger partial charge in [-0.1, -0.05) is 17.7 Å². The third-order valence-electron chi connectivity index (χ3n) is 2.14. The summed E-state index contributed by atoms with van der Waals surface area (Å²) in [5.74, 6) is 0. The second kappa shape index (κ2) is 4.01. The van der Waals surface area contributed by atoms with Crippen LogP contribution in [0.4, 0.5) is 13.2 Å². The fraction of sp³-hybridized carbons (Fsp3) is 0.333. The van der Waals surface area contributed by atoms with Crippen molar-refractivity contribution in [3.05, 3.63) is 34.0 Å². The first kappa shape index (κ1) is 11.9. The Morgan fingerprint density at radius 1 is 1.50 bits per heavy atom. The first-order chi connectivity index (χ1) is 7.38. The number of nitrogens with zero attached hydrogens (tertiary/aromatic N) is 1. The van der Waals surface area contributed by atoms with Gasteiger partial charge in [-0.05, 0) is 30.8 Å². The van der Waals surface area contributed by atoms with E-state index in [0.717, 1.165) is 0 Å². The van der Waals surface area contributed by atoms with Crippen molar-refractivity contribution in [1.82, 2.24) is 10.4 Å². The number of nitrogens with one attached hydrogen (secondary N) is 1. The quantitative estimate of drug-likeness (QED) is 0.735. The van der Waals surface area contributed by atoms with Gasteiger partial charge in [0.05, 0.1) is 11.7 Å². The second-order valence-corrected chi connectivity index (χ2v) is 4.83. The zero-order valence-corrected chi connectivity index (χ0v) is 9.75. The molecule has 1 N–H and O–H groups in total. The Kier molecular flexibility index (Phi) is 2.98. The Bertz CT molecular complexity index is 400. The zero-order valence-electron chi connectivity index (χ0n) is 8.18. The van der Waals surface area contributed by atoms with Crippen LogP contribution in [0.3, 0.4) is 0 Å². The van der Waals surface area contributed by atoms with Gasteiger partial charge in [0.1, 0.15) is 5.16 Å². The molecule has 1 unspecified atom stereocenters. The molecule has 2 nitrogen and oxygen atoms in total. The van der Waals surface area contributed by atoms with Gasteiger partial charge < -0.3 is 0 Å². The van der Waals surface area contributed by atoms with Crippen LogP contribution < -0.4 is 5.43 Å². The van der Waals surface area contributed by atoms with Gasteiger partial charge in [0.2, 0.25) is 0 Å². The van der Waals surface area contributed by atoms with Crippen molar-refractivity contribution >= 4 is 23.4 Å². The maximum absolute atomic E-state index is 12.3. The molecule has 2 heterocycles. The zero-order chi connectivity index (χ0) is 11.9. The minimum atomic E-state index is -4.28. The summed E-state index contributed by atoms with van der Waals surface area (Å²) in [6.45, 7) is 1.66. The lowest BCUT2D eigenvalue weighted by molar-refractivity contribution is -0.0323. The lowest BCUT2D eigenvalue weighted by Gasteiger charge is -2.22. The molecule has 0 amide bonds. The van der Waals surface area contributed by atoms with Crippen LogP contribution in [0.25, 0.3) is 0 Å². The number of hydrogen-bond acceptors (Lipinski definition) is 3. The van der Waals surface area contributed by atoms with E-state index in [1.54, 1.807) is 25.2 Å². The van der Waals surface area contributed by atoms with Crippen LogP contribution in [0, 0.1) is 0 Å². The molecule has 16 heavy (non-hydrogen) atoms. The summed E-state index contributed by atoms with van der Waals surface area (Å²) in [6, 6.07) is -0.397. The van der Waals surface area contributed by atoms with Gasteiger partial charge in [0.25, 0.3) is 0 Å². The molecule has 7 heteroatoms. The minimum absolute atomic E-state index is 0.101. The standard InChI is InChI=1S/C9H8ClF3N2S/c1-5-8(16-9(11,12)13)6-3-2-4-7(10)15(6)14-5/h2-5,14H,1H3. The van der Waals surface area contributed by atoms with Gasteiger partial charge in [-0.2, -0.15) is 13.2 Å². The maximum Gasteiger partial charge on any atom is 0.446 e. The summed E-state index contributed by atoms with van der Waals surface area (Å²) < 4.78 is 37.0. The number of rotatable bonds is 1. The Labute approximate surface area is 99.8 Å². The van der Waals surface area contributed by atoms with E-state index in [-0.39, 0.29) is 16.7 Å². The Hall–Kier alpha value is -0.590. The molecule has 0 aromatic heterocycles. The highest BCUT2D eigenvalue weighted by Gasteiger charge is 2.38. The van der Waals surface area contributed by atoms with Crippen molar-refractivity contribution in [1.29, 1.82) is 0 Å². The minimum Gasteiger partial charge on any atom is -0.264 e. The number of allylic oxidation sites excluding steroid dienone is 3. The molecule has 2 aliphatic rings. The number of alkyl halides is 3. The molecule has 88 valence electrons. The summed E-state index contributed by atoms with van der Waals surface area (Å²) in [5, 5.41) is 1.82. The Balaban J connectivity index is 2.32. The number of thioether (sulfide) groups is 1. The van der Waals surface area contributed by atoms with E-state index in [1.807, 2.05) is 0 Å². The highest BCUT2D eigenvalue weighted by Crippen LogP contribution is 2.43. The smallest absolute Gasteiger partial charge is 0.264 e. The van der Waals surface area contributed by atoms with E-state index < -0.39 is 11.6 Å². The first-order valence-electron chi connectivity index (χ1n) is 4.48. The van der Waals surface area contributed by atoms with Crippen LogP contribution in [-0.2, 0) is 0 Å². The molecule has 0 radical (unpaired) electrons. The van der Waals surface area contributed by atoms with Gasteiger partial charge in [-0.3, -0.25) is 5.01 Å². The van der Waals surface area contributed by atoms with Gasteiger partial charge >= 0.3 is 5.51 Å². The predicted molar refractivity (Wildman–Crippen MR) is 58.2 cm³/mol. The van der Waals surface area contributed by atoms with Crippen LogP contribution in [-0.4, -0.2) is 16.6 Å².